The number of halogens is 1. The van der Waals surface area contributed by atoms with E-state index in [1.165, 1.54) is 28.2 Å². The fourth-order valence-electron chi connectivity index (χ4n) is 3.92. The van der Waals surface area contributed by atoms with Crippen LogP contribution in [0, 0.1) is 12.7 Å². The molecular weight excluding hydrogens is 455 g/mol. The summed E-state index contributed by atoms with van der Waals surface area (Å²) in [6.45, 7) is 1.77. The highest BCUT2D eigenvalue weighted by Gasteiger charge is 2.19. The first-order valence-corrected chi connectivity index (χ1v) is 11.2. The molecule has 166 valence electrons. The van der Waals surface area contributed by atoms with E-state index in [1.54, 1.807) is 31.2 Å². The van der Waals surface area contributed by atoms with Gasteiger partial charge in [0, 0.05) is 11.5 Å². The van der Waals surface area contributed by atoms with Crippen LogP contribution in [0.25, 0.3) is 37.1 Å². The molecule has 3 aromatic heterocycles. The van der Waals surface area contributed by atoms with Crippen LogP contribution < -0.4 is 10.9 Å². The van der Waals surface area contributed by atoms with Gasteiger partial charge in [0.2, 0.25) is 5.13 Å². The molecule has 3 heterocycles. The van der Waals surface area contributed by atoms with E-state index >= 15 is 0 Å². The van der Waals surface area contributed by atoms with Crippen molar-refractivity contribution in [3.8, 4) is 5.13 Å². The molecule has 1 N–H and O–H groups in total. The first-order valence-electron chi connectivity index (χ1n) is 10.4. The molecule has 6 rings (SSSR count). The SMILES string of the molecule is Cc1cc(NC(=O)c2cc3c(ccc4ccccc43)oc2=O)n(-c2nc3ccc(F)cc3s2)n1. The number of hydrogen-bond donors (Lipinski definition) is 1. The van der Waals surface area contributed by atoms with Crippen LogP contribution in [0.2, 0.25) is 0 Å². The van der Waals surface area contributed by atoms with Crippen LogP contribution in [-0.2, 0) is 0 Å². The van der Waals surface area contributed by atoms with Crippen LogP contribution in [0.15, 0.2) is 75.9 Å². The zero-order valence-electron chi connectivity index (χ0n) is 17.7. The van der Waals surface area contributed by atoms with Crippen LogP contribution in [-0.4, -0.2) is 20.7 Å². The topological polar surface area (TPSA) is 90.0 Å². The Morgan fingerprint density at radius 2 is 1.91 bits per heavy atom. The number of anilines is 1. The normalized spacial score (nSPS) is 11.5. The molecule has 34 heavy (non-hydrogen) atoms. The van der Waals surface area contributed by atoms with Crippen molar-refractivity contribution >= 4 is 55.0 Å². The molecule has 0 aliphatic heterocycles. The largest absolute Gasteiger partial charge is 0.422 e. The molecule has 0 saturated carbocycles. The molecule has 0 fully saturated rings. The van der Waals surface area contributed by atoms with E-state index in [0.29, 0.717) is 37.8 Å². The first kappa shape index (κ1) is 20.3. The van der Waals surface area contributed by atoms with Gasteiger partial charge in [-0.2, -0.15) is 9.78 Å². The third-order valence-corrected chi connectivity index (χ3v) is 6.47. The van der Waals surface area contributed by atoms with Gasteiger partial charge in [0.15, 0.2) is 0 Å². The number of amides is 1. The van der Waals surface area contributed by atoms with Crippen LogP contribution in [0.3, 0.4) is 0 Å². The highest BCUT2D eigenvalue weighted by molar-refractivity contribution is 7.20. The zero-order chi connectivity index (χ0) is 23.4. The van der Waals surface area contributed by atoms with Crippen molar-refractivity contribution in [1.29, 1.82) is 0 Å². The van der Waals surface area contributed by atoms with Gasteiger partial charge in [-0.3, -0.25) is 4.79 Å². The molecule has 0 aliphatic rings. The van der Waals surface area contributed by atoms with Crippen molar-refractivity contribution in [3.05, 3.63) is 94.2 Å². The molecule has 0 atom stereocenters. The summed E-state index contributed by atoms with van der Waals surface area (Å²) in [4.78, 5) is 30.3. The molecule has 9 heteroatoms. The van der Waals surface area contributed by atoms with Gasteiger partial charge in [-0.25, -0.2) is 14.2 Å². The molecule has 0 spiro atoms. The number of benzene rings is 3. The van der Waals surface area contributed by atoms with Crippen molar-refractivity contribution in [1.82, 2.24) is 14.8 Å². The standard InChI is InChI=1S/C25H15FN4O3S/c1-13-10-22(30(29-13)25-27-19-8-7-15(26)11-21(19)34-25)28-23(31)18-12-17-16-5-3-2-4-14(16)6-9-20(17)33-24(18)32/h2-12H,1H3,(H,28,31). The highest BCUT2D eigenvalue weighted by Crippen LogP contribution is 2.29. The fraction of sp³-hybridized carbons (Fsp3) is 0.0400. The number of rotatable bonds is 3. The van der Waals surface area contributed by atoms with E-state index in [1.807, 2.05) is 30.3 Å². The number of nitrogens with one attached hydrogen (secondary N) is 1. The maximum Gasteiger partial charge on any atom is 0.349 e. The molecule has 3 aromatic carbocycles. The second-order valence-electron chi connectivity index (χ2n) is 7.79. The number of nitrogens with zero attached hydrogens (tertiary/aromatic N) is 3. The van der Waals surface area contributed by atoms with Gasteiger partial charge in [0.25, 0.3) is 5.91 Å². The predicted molar refractivity (Wildman–Crippen MR) is 129 cm³/mol. The minimum Gasteiger partial charge on any atom is -0.422 e. The summed E-state index contributed by atoms with van der Waals surface area (Å²) in [7, 11) is 0. The molecule has 0 radical (unpaired) electrons. The van der Waals surface area contributed by atoms with E-state index in [9.17, 15) is 14.0 Å². The molecule has 1 amide bonds. The summed E-state index contributed by atoms with van der Waals surface area (Å²) in [5, 5.41) is 10.1. The Labute approximate surface area is 195 Å². The summed E-state index contributed by atoms with van der Waals surface area (Å²) in [6.07, 6.45) is 0. The van der Waals surface area contributed by atoms with E-state index < -0.39 is 11.5 Å². The van der Waals surface area contributed by atoms with Crippen LogP contribution in [0.4, 0.5) is 10.2 Å². The van der Waals surface area contributed by atoms with Gasteiger partial charge in [-0.1, -0.05) is 41.7 Å². The average Bonchev–Trinajstić information content (AvgIpc) is 3.40. The van der Waals surface area contributed by atoms with Crippen LogP contribution >= 0.6 is 11.3 Å². The van der Waals surface area contributed by atoms with Gasteiger partial charge in [-0.15, -0.1) is 0 Å². The Morgan fingerprint density at radius 3 is 2.79 bits per heavy atom. The van der Waals surface area contributed by atoms with Crippen molar-refractivity contribution < 1.29 is 13.6 Å². The molecule has 0 aliphatic carbocycles. The van der Waals surface area contributed by atoms with Crippen molar-refractivity contribution in [2.45, 2.75) is 6.92 Å². The lowest BCUT2D eigenvalue weighted by Crippen LogP contribution is -2.22. The number of aromatic nitrogens is 3. The van der Waals surface area contributed by atoms with Gasteiger partial charge in [0.05, 0.1) is 15.9 Å². The number of fused-ring (bicyclic) bond motifs is 4. The van der Waals surface area contributed by atoms with Crippen molar-refractivity contribution in [2.24, 2.45) is 0 Å². The Kier molecular flexibility index (Phi) is 4.53. The number of carbonyl (C=O) groups is 1. The minimum absolute atomic E-state index is 0.124. The lowest BCUT2D eigenvalue weighted by molar-refractivity contribution is 0.102. The maximum absolute atomic E-state index is 13.6. The summed E-state index contributed by atoms with van der Waals surface area (Å²) in [5.74, 6) is -0.653. The van der Waals surface area contributed by atoms with Gasteiger partial charge in [0.1, 0.15) is 22.8 Å². The van der Waals surface area contributed by atoms with Crippen molar-refractivity contribution in [3.63, 3.8) is 0 Å². The van der Waals surface area contributed by atoms with Crippen LogP contribution in [0.1, 0.15) is 16.1 Å². The van der Waals surface area contributed by atoms with E-state index in [0.717, 1.165) is 10.8 Å². The summed E-state index contributed by atoms with van der Waals surface area (Å²) in [6, 6.07) is 18.8. The molecule has 7 nitrogen and oxygen atoms in total. The Morgan fingerprint density at radius 1 is 1.06 bits per heavy atom. The lowest BCUT2D eigenvalue weighted by Gasteiger charge is -2.07. The number of hydrogen-bond acceptors (Lipinski definition) is 6. The third kappa shape index (κ3) is 3.34. The summed E-state index contributed by atoms with van der Waals surface area (Å²) >= 11 is 1.24. The number of aryl methyl sites for hydroxylation is 1. The number of carbonyl (C=O) groups excluding carboxylic acids is 1. The minimum atomic E-state index is -0.737. The van der Waals surface area contributed by atoms with Crippen LogP contribution in [0.5, 0.6) is 0 Å². The average molecular weight is 470 g/mol. The first-order chi connectivity index (χ1) is 16.5. The Bertz CT molecular complexity index is 1820. The molecule has 6 aromatic rings. The summed E-state index contributed by atoms with van der Waals surface area (Å²) in [5.41, 5.74) is 0.799. The van der Waals surface area contributed by atoms with E-state index in [2.05, 4.69) is 15.4 Å². The maximum atomic E-state index is 13.6. The molecule has 0 bridgehead atoms. The second kappa shape index (κ2) is 7.60. The fourth-order valence-corrected chi connectivity index (χ4v) is 4.88. The second-order valence-corrected chi connectivity index (χ2v) is 8.80. The van der Waals surface area contributed by atoms with E-state index in [-0.39, 0.29) is 11.4 Å². The molecular formula is C25H15FN4O3S. The van der Waals surface area contributed by atoms with Gasteiger partial charge >= 0.3 is 5.63 Å². The zero-order valence-corrected chi connectivity index (χ0v) is 18.5. The Hall–Kier alpha value is -4.37. The quantitative estimate of drug-likeness (QED) is 0.275. The Balaban J connectivity index is 1.42. The van der Waals surface area contributed by atoms with Crippen molar-refractivity contribution in [2.75, 3.05) is 5.32 Å². The predicted octanol–water partition coefficient (Wildman–Crippen LogP) is 5.44. The number of thiazole rings is 1. The smallest absolute Gasteiger partial charge is 0.349 e. The monoisotopic (exact) mass is 470 g/mol. The highest BCUT2D eigenvalue weighted by atomic mass is 32.1. The third-order valence-electron chi connectivity index (χ3n) is 5.48. The van der Waals surface area contributed by atoms with Gasteiger partial charge in [-0.05, 0) is 48.0 Å². The summed E-state index contributed by atoms with van der Waals surface area (Å²) < 4.78 is 21.2. The molecule has 0 unspecified atom stereocenters. The lowest BCUT2D eigenvalue weighted by atomic mass is 10.0. The van der Waals surface area contributed by atoms with Gasteiger partial charge < -0.3 is 9.73 Å². The molecule has 0 saturated heterocycles. The van der Waals surface area contributed by atoms with E-state index in [4.69, 9.17) is 4.42 Å².